The summed E-state index contributed by atoms with van der Waals surface area (Å²) in [4.78, 5) is 14.8. The van der Waals surface area contributed by atoms with Gasteiger partial charge in [0.25, 0.3) is 5.91 Å². The van der Waals surface area contributed by atoms with Crippen molar-refractivity contribution in [3.05, 3.63) is 108 Å². The Morgan fingerprint density at radius 3 is 2.61 bits per heavy atom. The molecule has 1 unspecified atom stereocenters. The molecule has 0 bridgehead atoms. The van der Waals surface area contributed by atoms with Gasteiger partial charge in [0.05, 0.1) is 5.56 Å². The molecule has 0 aliphatic carbocycles. The van der Waals surface area contributed by atoms with Gasteiger partial charge in [-0.2, -0.15) is 0 Å². The molecule has 28 heavy (non-hydrogen) atoms. The lowest BCUT2D eigenvalue weighted by molar-refractivity contribution is 0.0707. The summed E-state index contributed by atoms with van der Waals surface area (Å²) in [6.07, 6.45) is 1.47. The topological polar surface area (TPSA) is 41.6 Å². The highest BCUT2D eigenvalue weighted by Gasteiger charge is 2.32. The monoisotopic (exact) mass is 370 g/mol. The van der Waals surface area contributed by atoms with E-state index in [9.17, 15) is 4.79 Å². The van der Waals surface area contributed by atoms with Gasteiger partial charge in [-0.3, -0.25) is 4.79 Å². The molecule has 0 saturated heterocycles. The van der Waals surface area contributed by atoms with Gasteiger partial charge in [-0.05, 0) is 35.4 Å². The molecule has 1 N–H and O–H groups in total. The molecule has 4 nitrogen and oxygen atoms in total. The third-order valence-corrected chi connectivity index (χ3v) is 4.77. The minimum atomic E-state index is -0.277. The van der Waals surface area contributed by atoms with Gasteiger partial charge in [-0.25, -0.2) is 0 Å². The fraction of sp³-hybridized carbons (Fsp3) is 0.125. The molecule has 1 heterocycles. The number of hydrogen-bond acceptors (Lipinski definition) is 3. The normalized spacial score (nSPS) is 15.5. The Kier molecular flexibility index (Phi) is 5.11. The summed E-state index contributed by atoms with van der Waals surface area (Å²) in [5.74, 6) is 0.767. The Bertz CT molecular complexity index is 985. The Hall–Kier alpha value is -3.53. The van der Waals surface area contributed by atoms with Crippen LogP contribution >= 0.6 is 0 Å². The number of nitrogens with zero attached hydrogens (tertiary/aromatic N) is 1. The van der Waals surface area contributed by atoms with E-state index in [-0.39, 0.29) is 12.1 Å². The maximum Gasteiger partial charge on any atom is 0.258 e. The van der Waals surface area contributed by atoms with Crippen LogP contribution in [0.5, 0.6) is 5.75 Å². The number of ether oxygens (including phenoxy) is 1. The van der Waals surface area contributed by atoms with Crippen LogP contribution in [-0.4, -0.2) is 17.4 Å². The van der Waals surface area contributed by atoms with E-state index < -0.39 is 0 Å². The number of rotatable bonds is 6. The van der Waals surface area contributed by atoms with Crippen molar-refractivity contribution in [2.75, 3.05) is 11.9 Å². The van der Waals surface area contributed by atoms with E-state index in [4.69, 9.17) is 4.74 Å². The predicted molar refractivity (Wildman–Crippen MR) is 111 cm³/mol. The summed E-state index contributed by atoms with van der Waals surface area (Å²) < 4.78 is 5.96. The molecule has 0 saturated carbocycles. The molecule has 1 aliphatic heterocycles. The fourth-order valence-corrected chi connectivity index (χ4v) is 3.40. The van der Waals surface area contributed by atoms with Crippen LogP contribution in [0.15, 0.2) is 91.5 Å². The van der Waals surface area contributed by atoms with Crippen LogP contribution in [0.1, 0.15) is 27.7 Å². The molecule has 1 amide bonds. The van der Waals surface area contributed by atoms with Crippen molar-refractivity contribution in [2.45, 2.75) is 12.8 Å². The smallest absolute Gasteiger partial charge is 0.258 e. The quantitative estimate of drug-likeness (QED) is 0.620. The van der Waals surface area contributed by atoms with Crippen molar-refractivity contribution in [3.8, 4) is 5.75 Å². The number of benzene rings is 3. The van der Waals surface area contributed by atoms with Crippen molar-refractivity contribution in [3.63, 3.8) is 0 Å². The van der Waals surface area contributed by atoms with Crippen LogP contribution in [-0.2, 0) is 6.61 Å². The first-order chi connectivity index (χ1) is 13.8. The molecule has 4 rings (SSSR count). The third-order valence-electron chi connectivity index (χ3n) is 4.77. The first kappa shape index (κ1) is 17.9. The number of anilines is 1. The van der Waals surface area contributed by atoms with Gasteiger partial charge >= 0.3 is 0 Å². The van der Waals surface area contributed by atoms with E-state index in [2.05, 4.69) is 11.9 Å². The van der Waals surface area contributed by atoms with E-state index in [0.29, 0.717) is 18.7 Å². The first-order valence-electron chi connectivity index (χ1n) is 9.30. The molecule has 0 spiro atoms. The van der Waals surface area contributed by atoms with Gasteiger partial charge in [0.1, 0.15) is 18.5 Å². The third kappa shape index (κ3) is 3.62. The number of para-hydroxylation sites is 1. The predicted octanol–water partition coefficient (Wildman–Crippen LogP) is 5.02. The van der Waals surface area contributed by atoms with Gasteiger partial charge in [0.2, 0.25) is 0 Å². The van der Waals surface area contributed by atoms with Crippen LogP contribution in [0.3, 0.4) is 0 Å². The summed E-state index contributed by atoms with van der Waals surface area (Å²) in [5.41, 5.74) is 3.60. The van der Waals surface area contributed by atoms with Crippen molar-refractivity contribution in [1.82, 2.24) is 4.90 Å². The molecule has 0 fully saturated rings. The SMILES string of the molecule is C=CCN1C(=O)c2ccccc2NC1c1cccc(OCc2ccccc2)c1. The van der Waals surface area contributed by atoms with E-state index in [0.717, 1.165) is 22.6 Å². The molecule has 3 aromatic rings. The molecule has 3 aromatic carbocycles. The maximum atomic E-state index is 13.0. The van der Waals surface area contributed by atoms with Crippen LogP contribution in [0, 0.1) is 0 Å². The van der Waals surface area contributed by atoms with Crippen molar-refractivity contribution in [2.24, 2.45) is 0 Å². The zero-order valence-corrected chi connectivity index (χ0v) is 15.5. The zero-order valence-electron chi connectivity index (χ0n) is 15.5. The number of amides is 1. The summed E-state index contributed by atoms with van der Waals surface area (Å²) in [5, 5.41) is 3.48. The van der Waals surface area contributed by atoms with Crippen LogP contribution in [0.25, 0.3) is 0 Å². The molecule has 140 valence electrons. The minimum Gasteiger partial charge on any atom is -0.489 e. The number of carbonyl (C=O) groups is 1. The van der Waals surface area contributed by atoms with E-state index in [1.807, 2.05) is 78.9 Å². The lowest BCUT2D eigenvalue weighted by Gasteiger charge is -2.37. The standard InChI is InChI=1S/C24H22N2O2/c1-2-15-26-23(25-22-14-7-6-13-21(22)24(26)27)19-11-8-12-20(16-19)28-17-18-9-4-3-5-10-18/h2-14,16,23,25H,1,15,17H2. The number of nitrogens with one attached hydrogen (secondary N) is 1. The van der Waals surface area contributed by atoms with Gasteiger partial charge in [0, 0.05) is 12.2 Å². The summed E-state index contributed by atoms with van der Waals surface area (Å²) in [6, 6.07) is 25.5. The minimum absolute atomic E-state index is 0.00476. The summed E-state index contributed by atoms with van der Waals surface area (Å²) in [7, 11) is 0. The van der Waals surface area contributed by atoms with Gasteiger partial charge in [-0.15, -0.1) is 6.58 Å². The molecule has 1 aliphatic rings. The van der Waals surface area contributed by atoms with Crippen LogP contribution in [0.2, 0.25) is 0 Å². The highest BCUT2D eigenvalue weighted by molar-refractivity contribution is 6.01. The Morgan fingerprint density at radius 2 is 1.79 bits per heavy atom. The lowest BCUT2D eigenvalue weighted by atomic mass is 10.0. The van der Waals surface area contributed by atoms with Crippen LogP contribution < -0.4 is 10.1 Å². The van der Waals surface area contributed by atoms with E-state index >= 15 is 0 Å². The molecule has 0 radical (unpaired) electrons. The molecular weight excluding hydrogens is 348 g/mol. The lowest BCUT2D eigenvalue weighted by Crippen LogP contribution is -2.42. The van der Waals surface area contributed by atoms with Gasteiger partial charge in [0.15, 0.2) is 0 Å². The molecular formula is C24H22N2O2. The van der Waals surface area contributed by atoms with E-state index in [1.165, 1.54) is 0 Å². The largest absolute Gasteiger partial charge is 0.489 e. The van der Waals surface area contributed by atoms with Crippen molar-refractivity contribution >= 4 is 11.6 Å². The fourth-order valence-electron chi connectivity index (χ4n) is 3.40. The number of hydrogen-bond donors (Lipinski definition) is 1. The Morgan fingerprint density at radius 1 is 1.00 bits per heavy atom. The van der Waals surface area contributed by atoms with Crippen molar-refractivity contribution < 1.29 is 9.53 Å². The zero-order chi connectivity index (χ0) is 19.3. The summed E-state index contributed by atoms with van der Waals surface area (Å²) >= 11 is 0. The number of fused-ring (bicyclic) bond motifs is 1. The van der Waals surface area contributed by atoms with Crippen LogP contribution in [0.4, 0.5) is 5.69 Å². The second-order valence-electron chi connectivity index (χ2n) is 6.69. The van der Waals surface area contributed by atoms with Gasteiger partial charge in [-0.1, -0.05) is 60.7 Å². The highest BCUT2D eigenvalue weighted by atomic mass is 16.5. The molecule has 1 atom stereocenters. The Labute approximate surface area is 165 Å². The second kappa shape index (κ2) is 8.01. The highest BCUT2D eigenvalue weighted by Crippen LogP contribution is 2.34. The van der Waals surface area contributed by atoms with Crippen molar-refractivity contribution in [1.29, 1.82) is 0 Å². The average Bonchev–Trinajstić information content (AvgIpc) is 2.75. The first-order valence-corrected chi connectivity index (χ1v) is 9.30. The maximum absolute atomic E-state index is 13.0. The van der Waals surface area contributed by atoms with Gasteiger partial charge < -0.3 is 15.0 Å². The molecule has 4 heteroatoms. The number of carbonyl (C=O) groups excluding carboxylic acids is 1. The summed E-state index contributed by atoms with van der Waals surface area (Å²) in [6.45, 7) is 4.77. The molecule has 0 aromatic heterocycles. The average molecular weight is 370 g/mol. The Balaban J connectivity index is 1.60. The van der Waals surface area contributed by atoms with E-state index in [1.54, 1.807) is 11.0 Å². The second-order valence-corrected chi connectivity index (χ2v) is 6.69.